The van der Waals surface area contributed by atoms with Crippen molar-refractivity contribution in [2.45, 2.75) is 6.42 Å². The number of rotatable bonds is 1. The van der Waals surface area contributed by atoms with Gasteiger partial charge in [0.25, 0.3) is 0 Å². The maximum Gasteiger partial charge on any atom is 0.325 e. The third kappa shape index (κ3) is 1.28. The fourth-order valence-corrected chi connectivity index (χ4v) is 3.04. The summed E-state index contributed by atoms with van der Waals surface area (Å²) in [6.07, 6.45) is -0.0961. The number of nitrogens with zero attached hydrogens (tertiary/aromatic N) is 1. The van der Waals surface area contributed by atoms with Crippen LogP contribution in [-0.2, 0) is 14.6 Å². The highest BCUT2D eigenvalue weighted by molar-refractivity contribution is 7.91. The maximum absolute atomic E-state index is 10.9. The Balaban J connectivity index is 3.05. The molecule has 0 aromatic heterocycles. The molecule has 1 saturated heterocycles. The molecule has 1 N–H and O–H groups in total. The van der Waals surface area contributed by atoms with Crippen LogP contribution in [-0.4, -0.2) is 31.0 Å². The highest BCUT2D eigenvalue weighted by Gasteiger charge is 2.49. The fourth-order valence-electron chi connectivity index (χ4n) is 1.15. The van der Waals surface area contributed by atoms with E-state index in [2.05, 4.69) is 0 Å². The minimum atomic E-state index is -3.31. The summed E-state index contributed by atoms with van der Waals surface area (Å²) in [7, 11) is -3.31. The second-order valence-electron chi connectivity index (χ2n) is 2.84. The van der Waals surface area contributed by atoms with Crippen LogP contribution in [0.25, 0.3) is 0 Å². The molecule has 1 atom stereocenters. The monoisotopic (exact) mass is 189 g/mol. The molecule has 1 fully saturated rings. The number of hydrogen-bond acceptors (Lipinski definition) is 4. The highest BCUT2D eigenvalue weighted by Crippen LogP contribution is 2.31. The van der Waals surface area contributed by atoms with Crippen molar-refractivity contribution in [2.24, 2.45) is 5.41 Å². The van der Waals surface area contributed by atoms with Gasteiger partial charge in [-0.15, -0.1) is 0 Å². The summed E-state index contributed by atoms with van der Waals surface area (Å²) in [5, 5.41) is 17.1. The number of carboxylic acids is 1. The molecule has 0 bridgehead atoms. The van der Waals surface area contributed by atoms with Crippen molar-refractivity contribution < 1.29 is 18.3 Å². The van der Waals surface area contributed by atoms with Gasteiger partial charge in [0.15, 0.2) is 15.3 Å². The molecule has 0 aromatic carbocycles. The molecule has 0 saturated carbocycles. The Morgan fingerprint density at radius 3 is 2.33 bits per heavy atom. The topological polar surface area (TPSA) is 95.2 Å². The summed E-state index contributed by atoms with van der Waals surface area (Å²) >= 11 is 0. The molecular weight excluding hydrogens is 182 g/mol. The van der Waals surface area contributed by atoms with Crippen LogP contribution in [0.4, 0.5) is 0 Å². The van der Waals surface area contributed by atoms with Crippen molar-refractivity contribution in [1.29, 1.82) is 5.26 Å². The van der Waals surface area contributed by atoms with Gasteiger partial charge < -0.3 is 5.11 Å². The number of aliphatic carboxylic acids is 1. The van der Waals surface area contributed by atoms with Gasteiger partial charge in [-0.25, -0.2) is 8.42 Å². The first-order valence-corrected chi connectivity index (χ1v) is 5.09. The van der Waals surface area contributed by atoms with Crippen LogP contribution in [0.3, 0.4) is 0 Å². The molecule has 0 radical (unpaired) electrons. The minimum Gasteiger partial charge on any atom is -0.480 e. The first-order chi connectivity index (χ1) is 5.42. The lowest BCUT2D eigenvalue weighted by Crippen LogP contribution is -2.30. The van der Waals surface area contributed by atoms with Gasteiger partial charge in [0.2, 0.25) is 0 Å². The van der Waals surface area contributed by atoms with Crippen molar-refractivity contribution in [3.8, 4) is 6.07 Å². The van der Waals surface area contributed by atoms with Crippen LogP contribution >= 0.6 is 0 Å². The van der Waals surface area contributed by atoms with E-state index in [9.17, 15) is 13.2 Å². The summed E-state index contributed by atoms with van der Waals surface area (Å²) in [6, 6.07) is 1.55. The van der Waals surface area contributed by atoms with Crippen LogP contribution in [0.2, 0.25) is 0 Å². The van der Waals surface area contributed by atoms with E-state index >= 15 is 0 Å². The number of carbonyl (C=O) groups is 1. The van der Waals surface area contributed by atoms with E-state index < -0.39 is 27.0 Å². The molecule has 0 spiro atoms. The average Bonchev–Trinajstić information content (AvgIpc) is 2.27. The second kappa shape index (κ2) is 2.45. The first-order valence-electron chi connectivity index (χ1n) is 3.27. The van der Waals surface area contributed by atoms with Gasteiger partial charge in [0.05, 0.1) is 17.6 Å². The Kier molecular flexibility index (Phi) is 1.84. The lowest BCUT2D eigenvalue weighted by molar-refractivity contribution is -0.144. The summed E-state index contributed by atoms with van der Waals surface area (Å²) < 4.78 is 21.8. The van der Waals surface area contributed by atoms with Gasteiger partial charge in [-0.05, 0) is 6.42 Å². The van der Waals surface area contributed by atoms with Crippen LogP contribution < -0.4 is 0 Å². The van der Waals surface area contributed by atoms with Crippen LogP contribution in [0.1, 0.15) is 6.42 Å². The van der Waals surface area contributed by atoms with Crippen LogP contribution in [0, 0.1) is 16.7 Å². The number of nitriles is 1. The molecule has 1 aliphatic rings. The Morgan fingerprint density at radius 1 is 1.58 bits per heavy atom. The molecule has 1 aliphatic heterocycles. The van der Waals surface area contributed by atoms with E-state index in [1.807, 2.05) is 0 Å². The summed E-state index contributed by atoms with van der Waals surface area (Å²) in [6.45, 7) is 0. The quantitative estimate of drug-likeness (QED) is 0.594. The van der Waals surface area contributed by atoms with E-state index in [4.69, 9.17) is 10.4 Å². The van der Waals surface area contributed by atoms with E-state index in [0.717, 1.165) is 0 Å². The van der Waals surface area contributed by atoms with E-state index in [1.165, 1.54) is 0 Å². The standard InChI is InChI=1S/C6H7NO4S/c7-3-6(5(8)9)1-2-12(10,11)4-6/h1-2,4H2,(H,8,9). The van der Waals surface area contributed by atoms with Gasteiger partial charge in [-0.3, -0.25) is 4.79 Å². The molecule has 1 rings (SSSR count). The molecular formula is C6H7NO4S. The molecule has 0 aliphatic carbocycles. The second-order valence-corrected chi connectivity index (χ2v) is 5.03. The van der Waals surface area contributed by atoms with Crippen molar-refractivity contribution in [3.63, 3.8) is 0 Å². The maximum atomic E-state index is 10.9. The Hall–Kier alpha value is -1.09. The summed E-state index contributed by atoms with van der Waals surface area (Å²) in [5.41, 5.74) is -1.70. The highest BCUT2D eigenvalue weighted by atomic mass is 32.2. The average molecular weight is 189 g/mol. The fraction of sp³-hybridized carbons (Fsp3) is 0.667. The van der Waals surface area contributed by atoms with Gasteiger partial charge >= 0.3 is 5.97 Å². The zero-order valence-corrected chi connectivity index (χ0v) is 6.97. The largest absolute Gasteiger partial charge is 0.480 e. The minimum absolute atomic E-state index is 0.0961. The molecule has 1 unspecified atom stereocenters. The molecule has 5 nitrogen and oxygen atoms in total. The van der Waals surface area contributed by atoms with Gasteiger partial charge in [0.1, 0.15) is 0 Å². The predicted octanol–water partition coefficient (Wildman–Crippen LogP) is -0.601. The van der Waals surface area contributed by atoms with Gasteiger partial charge in [0, 0.05) is 0 Å². The lowest BCUT2D eigenvalue weighted by atomic mass is 9.90. The number of hydrogen-bond donors (Lipinski definition) is 1. The summed E-state index contributed by atoms with van der Waals surface area (Å²) in [5.74, 6) is -2.09. The molecule has 0 amide bonds. The Bertz CT molecular complexity index is 352. The lowest BCUT2D eigenvalue weighted by Gasteiger charge is -2.10. The molecule has 0 aromatic rings. The third-order valence-electron chi connectivity index (χ3n) is 1.93. The predicted molar refractivity (Wildman–Crippen MR) is 39.0 cm³/mol. The smallest absolute Gasteiger partial charge is 0.325 e. The van der Waals surface area contributed by atoms with Crippen LogP contribution in [0.5, 0.6) is 0 Å². The normalized spacial score (nSPS) is 32.6. The third-order valence-corrected chi connectivity index (χ3v) is 3.69. The van der Waals surface area contributed by atoms with Crippen LogP contribution in [0.15, 0.2) is 0 Å². The first kappa shape index (κ1) is 9.00. The van der Waals surface area contributed by atoms with E-state index in [0.29, 0.717) is 0 Å². The molecule has 6 heteroatoms. The Labute approximate surface area is 69.5 Å². The zero-order chi connectivity index (χ0) is 9.41. The molecule has 1 heterocycles. The number of carboxylic acid groups (broad SMARTS) is 1. The zero-order valence-electron chi connectivity index (χ0n) is 6.15. The van der Waals surface area contributed by atoms with Crippen molar-refractivity contribution in [3.05, 3.63) is 0 Å². The van der Waals surface area contributed by atoms with Crippen molar-refractivity contribution in [1.82, 2.24) is 0 Å². The van der Waals surface area contributed by atoms with E-state index in [1.54, 1.807) is 6.07 Å². The molecule has 12 heavy (non-hydrogen) atoms. The SMILES string of the molecule is N#CC1(C(=O)O)CCS(=O)(=O)C1. The molecule has 66 valence electrons. The van der Waals surface area contributed by atoms with Gasteiger partial charge in [-0.2, -0.15) is 5.26 Å². The summed E-state index contributed by atoms with van der Waals surface area (Å²) in [4.78, 5) is 10.6. The number of sulfone groups is 1. The van der Waals surface area contributed by atoms with Crippen molar-refractivity contribution in [2.75, 3.05) is 11.5 Å². The Morgan fingerprint density at radius 2 is 2.17 bits per heavy atom. The van der Waals surface area contributed by atoms with E-state index in [-0.39, 0.29) is 12.2 Å². The van der Waals surface area contributed by atoms with Gasteiger partial charge in [-0.1, -0.05) is 0 Å². The van der Waals surface area contributed by atoms with Crippen molar-refractivity contribution >= 4 is 15.8 Å².